The summed E-state index contributed by atoms with van der Waals surface area (Å²) in [6.07, 6.45) is 1.50. The van der Waals surface area contributed by atoms with Gasteiger partial charge in [0.25, 0.3) is 5.91 Å². The van der Waals surface area contributed by atoms with Gasteiger partial charge in [-0.2, -0.15) is 0 Å². The van der Waals surface area contributed by atoms with E-state index >= 15 is 0 Å². The van der Waals surface area contributed by atoms with Gasteiger partial charge in [-0.05, 0) is 17.5 Å². The number of hydrogen-bond donors (Lipinski definition) is 0. The van der Waals surface area contributed by atoms with E-state index in [-0.39, 0.29) is 11.7 Å². The summed E-state index contributed by atoms with van der Waals surface area (Å²) >= 11 is 1.47. The third-order valence-electron chi connectivity index (χ3n) is 3.90. The van der Waals surface area contributed by atoms with E-state index in [0.29, 0.717) is 19.6 Å². The molecule has 0 atom stereocenters. The second kappa shape index (κ2) is 6.97. The van der Waals surface area contributed by atoms with Crippen LogP contribution in [-0.4, -0.2) is 55.0 Å². The lowest BCUT2D eigenvalue weighted by molar-refractivity contribution is 0.0559. The predicted molar refractivity (Wildman–Crippen MR) is 85.5 cm³/mol. The minimum atomic E-state index is -0.462. The summed E-state index contributed by atoms with van der Waals surface area (Å²) in [4.78, 5) is 28.8. The Morgan fingerprint density at radius 1 is 1.26 bits per heavy atom. The van der Waals surface area contributed by atoms with E-state index in [2.05, 4.69) is 4.90 Å². The Bertz CT molecular complexity index is 672. The molecule has 0 saturated carbocycles. The summed E-state index contributed by atoms with van der Waals surface area (Å²) in [6, 6.07) is 5.53. The van der Waals surface area contributed by atoms with E-state index < -0.39 is 5.97 Å². The summed E-state index contributed by atoms with van der Waals surface area (Å²) in [5.41, 5.74) is 0.815. The van der Waals surface area contributed by atoms with Gasteiger partial charge < -0.3 is 14.1 Å². The van der Waals surface area contributed by atoms with Crippen molar-refractivity contribution in [2.75, 3.05) is 33.3 Å². The van der Waals surface area contributed by atoms with Crippen LogP contribution in [0.5, 0.6) is 0 Å². The fourth-order valence-electron chi connectivity index (χ4n) is 2.64. The molecule has 1 amide bonds. The van der Waals surface area contributed by atoms with Crippen LogP contribution in [0.4, 0.5) is 0 Å². The first-order chi connectivity index (χ1) is 11.2. The lowest BCUT2D eigenvalue weighted by Crippen LogP contribution is -2.48. The second-order valence-corrected chi connectivity index (χ2v) is 6.26. The number of rotatable bonds is 4. The number of hydrogen-bond acceptors (Lipinski definition) is 6. The van der Waals surface area contributed by atoms with Gasteiger partial charge in [0.2, 0.25) is 5.76 Å². The summed E-state index contributed by atoms with van der Waals surface area (Å²) < 4.78 is 9.91. The van der Waals surface area contributed by atoms with E-state index in [9.17, 15) is 9.59 Å². The zero-order valence-corrected chi connectivity index (χ0v) is 13.7. The minimum absolute atomic E-state index is 0.0956. The number of piperazine rings is 1. The number of nitrogens with zero attached hydrogens (tertiary/aromatic N) is 2. The first-order valence-corrected chi connectivity index (χ1v) is 8.27. The van der Waals surface area contributed by atoms with Crippen molar-refractivity contribution in [2.24, 2.45) is 0 Å². The van der Waals surface area contributed by atoms with Crippen LogP contribution in [-0.2, 0) is 11.3 Å². The van der Waals surface area contributed by atoms with Crippen LogP contribution >= 0.6 is 11.3 Å². The van der Waals surface area contributed by atoms with E-state index in [1.165, 1.54) is 24.7 Å². The molecule has 1 aliphatic heterocycles. The van der Waals surface area contributed by atoms with E-state index in [1.54, 1.807) is 6.07 Å². The molecular weight excluding hydrogens is 316 g/mol. The number of thiophene rings is 1. The van der Waals surface area contributed by atoms with Crippen molar-refractivity contribution in [1.29, 1.82) is 0 Å². The summed E-state index contributed by atoms with van der Waals surface area (Å²) in [5.74, 6) is -0.112. The number of carbonyl (C=O) groups is 2. The van der Waals surface area contributed by atoms with E-state index in [1.807, 2.05) is 22.4 Å². The fraction of sp³-hybridized carbons (Fsp3) is 0.375. The SMILES string of the molecule is COC(=O)c1occc1CN1CCN(C(=O)c2cccs2)CC1. The maximum atomic E-state index is 12.3. The van der Waals surface area contributed by atoms with Crippen LogP contribution < -0.4 is 0 Å². The molecule has 2 aromatic heterocycles. The van der Waals surface area contributed by atoms with Crippen LogP contribution in [0.3, 0.4) is 0 Å². The lowest BCUT2D eigenvalue weighted by atomic mass is 10.2. The lowest BCUT2D eigenvalue weighted by Gasteiger charge is -2.34. The minimum Gasteiger partial charge on any atom is -0.463 e. The van der Waals surface area contributed by atoms with Gasteiger partial charge in [-0.25, -0.2) is 4.79 Å². The molecule has 0 N–H and O–H groups in total. The third-order valence-corrected chi connectivity index (χ3v) is 4.76. The highest BCUT2D eigenvalue weighted by atomic mass is 32.1. The molecule has 7 heteroatoms. The van der Waals surface area contributed by atoms with Gasteiger partial charge in [0, 0.05) is 38.3 Å². The average molecular weight is 334 g/mol. The largest absolute Gasteiger partial charge is 0.463 e. The van der Waals surface area contributed by atoms with Crippen molar-refractivity contribution < 1.29 is 18.7 Å². The van der Waals surface area contributed by atoms with Crippen molar-refractivity contribution >= 4 is 23.2 Å². The van der Waals surface area contributed by atoms with Crippen LogP contribution in [0.15, 0.2) is 34.3 Å². The van der Waals surface area contributed by atoms with Crippen LogP contribution in [0.1, 0.15) is 25.8 Å². The van der Waals surface area contributed by atoms with Crippen LogP contribution in [0, 0.1) is 0 Å². The molecule has 1 saturated heterocycles. The zero-order chi connectivity index (χ0) is 16.2. The van der Waals surface area contributed by atoms with Crippen molar-refractivity contribution in [1.82, 2.24) is 9.80 Å². The highest BCUT2D eigenvalue weighted by molar-refractivity contribution is 7.12. The number of carbonyl (C=O) groups excluding carboxylic acids is 2. The molecule has 0 unspecified atom stereocenters. The molecule has 0 aromatic carbocycles. The molecule has 0 radical (unpaired) electrons. The molecular formula is C16H18N2O4S. The molecule has 0 aliphatic carbocycles. The number of amides is 1. The first-order valence-electron chi connectivity index (χ1n) is 7.39. The third kappa shape index (κ3) is 3.46. The van der Waals surface area contributed by atoms with Gasteiger partial charge in [0.15, 0.2) is 0 Å². The Labute approximate surface area is 138 Å². The number of ether oxygens (including phenoxy) is 1. The standard InChI is InChI=1S/C16H18N2O4S/c1-21-16(20)14-12(4-9-22-14)11-17-5-7-18(8-6-17)15(19)13-3-2-10-23-13/h2-4,9-10H,5-8,11H2,1H3. The molecule has 0 bridgehead atoms. The molecule has 23 heavy (non-hydrogen) atoms. The van der Waals surface area contributed by atoms with Gasteiger partial charge in [0.1, 0.15) is 0 Å². The van der Waals surface area contributed by atoms with Crippen molar-refractivity contribution in [2.45, 2.75) is 6.54 Å². The molecule has 2 aromatic rings. The van der Waals surface area contributed by atoms with Crippen molar-refractivity contribution in [3.63, 3.8) is 0 Å². The van der Waals surface area contributed by atoms with Gasteiger partial charge in [0.05, 0.1) is 18.3 Å². The maximum absolute atomic E-state index is 12.3. The van der Waals surface area contributed by atoms with Crippen molar-refractivity contribution in [3.8, 4) is 0 Å². The average Bonchev–Trinajstić information content (AvgIpc) is 3.26. The number of furan rings is 1. The zero-order valence-electron chi connectivity index (χ0n) is 12.9. The summed E-state index contributed by atoms with van der Waals surface area (Å²) in [6.45, 7) is 3.51. The van der Waals surface area contributed by atoms with Gasteiger partial charge in [-0.15, -0.1) is 11.3 Å². The topological polar surface area (TPSA) is 63.0 Å². The fourth-order valence-corrected chi connectivity index (χ4v) is 3.33. The Kier molecular flexibility index (Phi) is 4.78. The van der Waals surface area contributed by atoms with Gasteiger partial charge in [-0.1, -0.05) is 6.07 Å². The molecule has 3 heterocycles. The Balaban J connectivity index is 1.57. The Morgan fingerprint density at radius 3 is 2.70 bits per heavy atom. The summed E-state index contributed by atoms with van der Waals surface area (Å²) in [5, 5.41) is 1.91. The number of methoxy groups -OCH3 is 1. The molecule has 3 rings (SSSR count). The second-order valence-electron chi connectivity index (χ2n) is 5.31. The Hall–Kier alpha value is -2.12. The monoisotopic (exact) mass is 334 g/mol. The van der Waals surface area contributed by atoms with Gasteiger partial charge in [-0.3, -0.25) is 9.69 Å². The molecule has 6 nitrogen and oxygen atoms in total. The van der Waals surface area contributed by atoms with E-state index in [0.717, 1.165) is 23.5 Å². The highest BCUT2D eigenvalue weighted by Gasteiger charge is 2.24. The molecule has 1 fully saturated rings. The molecule has 0 spiro atoms. The maximum Gasteiger partial charge on any atom is 0.374 e. The summed E-state index contributed by atoms with van der Waals surface area (Å²) in [7, 11) is 1.34. The van der Waals surface area contributed by atoms with Gasteiger partial charge >= 0.3 is 5.97 Å². The highest BCUT2D eigenvalue weighted by Crippen LogP contribution is 2.17. The smallest absolute Gasteiger partial charge is 0.374 e. The number of esters is 1. The predicted octanol–water partition coefficient (Wildman–Crippen LogP) is 2.09. The normalized spacial score (nSPS) is 15.6. The quantitative estimate of drug-likeness (QED) is 0.801. The van der Waals surface area contributed by atoms with Crippen LogP contribution in [0.25, 0.3) is 0 Å². The van der Waals surface area contributed by atoms with Crippen LogP contribution in [0.2, 0.25) is 0 Å². The molecule has 1 aliphatic rings. The molecule has 122 valence electrons. The Morgan fingerprint density at radius 2 is 2.04 bits per heavy atom. The van der Waals surface area contributed by atoms with E-state index in [4.69, 9.17) is 9.15 Å². The first kappa shape index (κ1) is 15.8. The van der Waals surface area contributed by atoms with Crippen molar-refractivity contribution in [3.05, 3.63) is 46.0 Å².